The maximum atomic E-state index is 12.2. The van der Waals surface area contributed by atoms with Gasteiger partial charge in [-0.1, -0.05) is 37.3 Å². The van der Waals surface area contributed by atoms with E-state index in [9.17, 15) is 9.90 Å². The van der Waals surface area contributed by atoms with Gasteiger partial charge in [-0.05, 0) is 12.0 Å². The van der Waals surface area contributed by atoms with Gasteiger partial charge in [0.2, 0.25) is 5.91 Å². The first-order valence-electron chi connectivity index (χ1n) is 6.50. The number of hydrogen-bond acceptors (Lipinski definition) is 3. The van der Waals surface area contributed by atoms with Gasteiger partial charge in [0.1, 0.15) is 0 Å². The highest BCUT2D eigenvalue weighted by molar-refractivity contribution is 5.78. The molecule has 19 heavy (non-hydrogen) atoms. The monoisotopic (exact) mass is 265 g/mol. The molecule has 4 nitrogen and oxygen atoms in total. The third kappa shape index (κ3) is 5.41. The Bertz CT molecular complexity index is 380. The lowest BCUT2D eigenvalue weighted by Crippen LogP contribution is -2.39. The minimum atomic E-state index is -0.636. The number of likely N-dealkylation sites (N-methyl/N-ethyl adjacent to an activating group) is 1. The Labute approximate surface area is 115 Å². The first-order chi connectivity index (χ1) is 9.04. The van der Waals surface area contributed by atoms with Crippen LogP contribution >= 0.6 is 0 Å². The highest BCUT2D eigenvalue weighted by Crippen LogP contribution is 2.11. The highest BCUT2D eigenvalue weighted by atomic mass is 16.5. The van der Waals surface area contributed by atoms with E-state index < -0.39 is 6.10 Å². The summed E-state index contributed by atoms with van der Waals surface area (Å²) < 4.78 is 4.85. The number of carbonyl (C=O) groups is 1. The van der Waals surface area contributed by atoms with Crippen molar-refractivity contribution < 1.29 is 14.6 Å². The van der Waals surface area contributed by atoms with Crippen LogP contribution in [0, 0.1) is 5.92 Å². The molecule has 1 amide bonds. The predicted molar refractivity (Wildman–Crippen MR) is 74.8 cm³/mol. The molecule has 0 aliphatic heterocycles. The summed E-state index contributed by atoms with van der Waals surface area (Å²) in [5.74, 6) is -0.0545. The van der Waals surface area contributed by atoms with Crippen LogP contribution in [-0.4, -0.2) is 49.3 Å². The summed E-state index contributed by atoms with van der Waals surface area (Å²) in [6.07, 6.45) is 0.0765. The molecule has 1 aromatic rings. The molecule has 0 saturated carbocycles. The molecule has 106 valence electrons. The number of rotatable bonds is 7. The number of hydrogen-bond donors (Lipinski definition) is 1. The van der Waals surface area contributed by atoms with Crippen molar-refractivity contribution in [2.75, 3.05) is 27.3 Å². The second-order valence-electron chi connectivity index (χ2n) is 4.92. The number of ether oxygens (including phenoxy) is 1. The molecule has 0 aliphatic rings. The number of benzene rings is 1. The van der Waals surface area contributed by atoms with Gasteiger partial charge in [-0.25, -0.2) is 0 Å². The van der Waals surface area contributed by atoms with Crippen molar-refractivity contribution in [1.29, 1.82) is 0 Å². The van der Waals surface area contributed by atoms with Gasteiger partial charge in [0, 0.05) is 26.6 Å². The zero-order valence-corrected chi connectivity index (χ0v) is 11.9. The van der Waals surface area contributed by atoms with Crippen molar-refractivity contribution in [2.24, 2.45) is 5.92 Å². The van der Waals surface area contributed by atoms with Crippen LogP contribution in [0.25, 0.3) is 0 Å². The molecule has 0 aliphatic carbocycles. The first kappa shape index (κ1) is 15.7. The van der Waals surface area contributed by atoms with E-state index in [2.05, 4.69) is 0 Å². The number of nitrogens with zero attached hydrogens (tertiary/aromatic N) is 1. The van der Waals surface area contributed by atoms with Crippen molar-refractivity contribution in [2.45, 2.75) is 19.4 Å². The van der Waals surface area contributed by atoms with Gasteiger partial charge >= 0.3 is 0 Å². The Morgan fingerprint density at radius 1 is 1.37 bits per heavy atom. The average Bonchev–Trinajstić information content (AvgIpc) is 2.39. The van der Waals surface area contributed by atoms with Crippen LogP contribution in [0.3, 0.4) is 0 Å². The molecule has 1 rings (SSSR count). The van der Waals surface area contributed by atoms with E-state index in [1.165, 1.54) is 7.11 Å². The lowest BCUT2D eigenvalue weighted by atomic mass is 10.00. The van der Waals surface area contributed by atoms with Gasteiger partial charge in [0.15, 0.2) is 0 Å². The average molecular weight is 265 g/mol. The number of amides is 1. The summed E-state index contributed by atoms with van der Waals surface area (Å²) in [5.41, 5.74) is 1.15. The second-order valence-corrected chi connectivity index (χ2v) is 4.92. The Hall–Kier alpha value is -1.39. The smallest absolute Gasteiger partial charge is 0.225 e. The van der Waals surface area contributed by atoms with E-state index in [4.69, 9.17) is 4.74 Å². The third-order valence-corrected chi connectivity index (χ3v) is 3.03. The van der Waals surface area contributed by atoms with E-state index in [1.807, 2.05) is 37.3 Å². The maximum absolute atomic E-state index is 12.2. The van der Waals surface area contributed by atoms with Crippen LogP contribution in [0.15, 0.2) is 30.3 Å². The molecule has 2 unspecified atom stereocenters. The minimum Gasteiger partial charge on any atom is -0.389 e. The summed E-state index contributed by atoms with van der Waals surface area (Å²) in [5, 5.41) is 9.62. The maximum Gasteiger partial charge on any atom is 0.225 e. The molecule has 0 saturated heterocycles. The van der Waals surface area contributed by atoms with Gasteiger partial charge in [0.05, 0.1) is 12.7 Å². The van der Waals surface area contributed by atoms with E-state index >= 15 is 0 Å². The summed E-state index contributed by atoms with van der Waals surface area (Å²) in [4.78, 5) is 13.7. The molecule has 0 spiro atoms. The first-order valence-corrected chi connectivity index (χ1v) is 6.50. The van der Waals surface area contributed by atoms with Gasteiger partial charge in [-0.2, -0.15) is 0 Å². The van der Waals surface area contributed by atoms with Crippen LogP contribution in [0.1, 0.15) is 12.5 Å². The molecule has 0 fully saturated rings. The fraction of sp³-hybridized carbons (Fsp3) is 0.533. The lowest BCUT2D eigenvalue weighted by Gasteiger charge is -2.23. The molecule has 2 atom stereocenters. The topological polar surface area (TPSA) is 49.8 Å². The van der Waals surface area contributed by atoms with Gasteiger partial charge in [0.25, 0.3) is 0 Å². The van der Waals surface area contributed by atoms with E-state index in [-0.39, 0.29) is 18.4 Å². The van der Waals surface area contributed by atoms with Crippen molar-refractivity contribution in [3.63, 3.8) is 0 Å². The summed E-state index contributed by atoms with van der Waals surface area (Å²) >= 11 is 0. The number of carbonyl (C=O) groups excluding carboxylic acids is 1. The van der Waals surface area contributed by atoms with E-state index in [0.717, 1.165) is 5.56 Å². The normalized spacial score (nSPS) is 13.9. The number of aliphatic hydroxyl groups is 1. The molecule has 0 radical (unpaired) electrons. The van der Waals surface area contributed by atoms with Crippen LogP contribution in [0.2, 0.25) is 0 Å². The van der Waals surface area contributed by atoms with Gasteiger partial charge in [-0.15, -0.1) is 0 Å². The van der Waals surface area contributed by atoms with Crippen LogP contribution < -0.4 is 0 Å². The minimum absolute atomic E-state index is 0.0407. The Balaban J connectivity index is 2.47. The van der Waals surface area contributed by atoms with E-state index in [0.29, 0.717) is 13.0 Å². The molecule has 4 heteroatoms. The Morgan fingerprint density at radius 3 is 2.58 bits per heavy atom. The SMILES string of the molecule is COCC(O)CN(C)C(=O)C(C)Cc1ccccc1. The quantitative estimate of drug-likeness (QED) is 0.809. The highest BCUT2D eigenvalue weighted by Gasteiger charge is 2.19. The van der Waals surface area contributed by atoms with Crippen molar-refractivity contribution in [1.82, 2.24) is 4.90 Å². The number of methoxy groups -OCH3 is 1. The standard InChI is InChI=1S/C15H23NO3/c1-12(9-13-7-5-4-6-8-13)15(18)16(2)10-14(17)11-19-3/h4-8,12,14,17H,9-11H2,1-3H3. The van der Waals surface area contributed by atoms with Gasteiger partial charge in [-0.3, -0.25) is 4.79 Å². The van der Waals surface area contributed by atoms with Gasteiger partial charge < -0.3 is 14.7 Å². The van der Waals surface area contributed by atoms with Crippen molar-refractivity contribution in [3.05, 3.63) is 35.9 Å². The lowest BCUT2D eigenvalue weighted by molar-refractivity contribution is -0.135. The van der Waals surface area contributed by atoms with Crippen molar-refractivity contribution in [3.8, 4) is 0 Å². The second kappa shape index (κ2) is 7.92. The zero-order valence-electron chi connectivity index (χ0n) is 11.9. The molecule has 0 aromatic heterocycles. The van der Waals surface area contributed by atoms with E-state index in [1.54, 1.807) is 11.9 Å². The van der Waals surface area contributed by atoms with Crippen LogP contribution in [0.5, 0.6) is 0 Å². The zero-order chi connectivity index (χ0) is 14.3. The predicted octanol–water partition coefficient (Wildman–Crippen LogP) is 1.33. The Kier molecular flexibility index (Phi) is 6.53. The molecular formula is C15H23NO3. The fourth-order valence-electron chi connectivity index (χ4n) is 2.08. The molecular weight excluding hydrogens is 242 g/mol. The Morgan fingerprint density at radius 2 is 2.00 bits per heavy atom. The molecule has 0 bridgehead atoms. The molecule has 1 N–H and O–H groups in total. The summed E-state index contributed by atoms with van der Waals surface area (Å²) in [7, 11) is 3.24. The summed E-state index contributed by atoms with van der Waals surface area (Å²) in [6, 6.07) is 9.94. The molecule has 0 heterocycles. The van der Waals surface area contributed by atoms with Crippen LogP contribution in [0.4, 0.5) is 0 Å². The third-order valence-electron chi connectivity index (χ3n) is 3.03. The molecule has 1 aromatic carbocycles. The largest absolute Gasteiger partial charge is 0.389 e. The van der Waals surface area contributed by atoms with Crippen molar-refractivity contribution >= 4 is 5.91 Å². The van der Waals surface area contributed by atoms with Crippen LogP contribution in [-0.2, 0) is 16.0 Å². The number of aliphatic hydroxyl groups excluding tert-OH is 1. The summed E-state index contributed by atoms with van der Waals surface area (Å²) in [6.45, 7) is 2.45. The fourth-order valence-corrected chi connectivity index (χ4v) is 2.08.